The molecule has 0 aliphatic rings. The fourth-order valence-corrected chi connectivity index (χ4v) is 4.17. The van der Waals surface area contributed by atoms with Crippen LogP contribution in [0.3, 0.4) is 0 Å². The molecule has 0 unspecified atom stereocenters. The molecule has 2 N–H and O–H groups in total. The van der Waals surface area contributed by atoms with Crippen LogP contribution in [0.1, 0.15) is 28.7 Å². The maximum atomic E-state index is 10.8. The molecule has 3 nitrogen and oxygen atoms in total. The predicted octanol–water partition coefficient (Wildman–Crippen LogP) is 5.54. The van der Waals surface area contributed by atoms with Gasteiger partial charge in [0.1, 0.15) is 5.60 Å². The van der Waals surface area contributed by atoms with Gasteiger partial charge in [-0.25, -0.2) is 0 Å². The SMILES string of the molecule is O[C@@H](CCNCc1ccccc1)COC(c1ccccc1)(c1ccccc1)c1ccccc1. The van der Waals surface area contributed by atoms with Crippen molar-refractivity contribution in [3.05, 3.63) is 144 Å². The van der Waals surface area contributed by atoms with Gasteiger partial charge < -0.3 is 15.2 Å². The van der Waals surface area contributed by atoms with Gasteiger partial charge in [-0.1, -0.05) is 121 Å². The standard InChI is InChI=1S/C30H31NO2/c32-29(21-22-31-23-25-13-5-1-6-14-25)24-33-30(26-15-7-2-8-16-26,27-17-9-3-10-18-27)28-19-11-4-12-20-28/h1-20,29,31-32H,21-24H2/t29-/m0/s1. The number of hydrogen-bond acceptors (Lipinski definition) is 3. The molecule has 0 aromatic heterocycles. The lowest BCUT2D eigenvalue weighted by atomic mass is 9.80. The van der Waals surface area contributed by atoms with Crippen molar-refractivity contribution in [3.8, 4) is 0 Å². The zero-order chi connectivity index (χ0) is 22.8. The van der Waals surface area contributed by atoms with Gasteiger partial charge in [-0.05, 0) is 35.2 Å². The van der Waals surface area contributed by atoms with Crippen LogP contribution in [0, 0.1) is 0 Å². The summed E-state index contributed by atoms with van der Waals surface area (Å²) in [6, 6.07) is 41.1. The molecule has 33 heavy (non-hydrogen) atoms. The molecule has 1 atom stereocenters. The van der Waals surface area contributed by atoms with Gasteiger partial charge in [-0.2, -0.15) is 0 Å². The third kappa shape index (κ3) is 5.77. The van der Waals surface area contributed by atoms with Gasteiger partial charge in [0.2, 0.25) is 0 Å². The maximum Gasteiger partial charge on any atom is 0.143 e. The first kappa shape index (κ1) is 22.9. The van der Waals surface area contributed by atoms with Crippen LogP contribution in [-0.4, -0.2) is 24.4 Å². The zero-order valence-electron chi connectivity index (χ0n) is 18.8. The second-order valence-corrected chi connectivity index (χ2v) is 8.20. The number of benzene rings is 4. The Labute approximate surface area is 196 Å². The number of ether oxygens (including phenoxy) is 1. The van der Waals surface area contributed by atoms with E-state index in [1.54, 1.807) is 0 Å². The Hall–Kier alpha value is -3.24. The predicted molar refractivity (Wildman–Crippen MR) is 134 cm³/mol. The van der Waals surface area contributed by atoms with Gasteiger partial charge in [-0.15, -0.1) is 0 Å². The molecule has 0 radical (unpaired) electrons. The second kappa shape index (κ2) is 11.6. The molecule has 0 saturated heterocycles. The average molecular weight is 438 g/mol. The maximum absolute atomic E-state index is 10.8. The fourth-order valence-electron chi connectivity index (χ4n) is 4.17. The molecule has 0 aliphatic carbocycles. The van der Waals surface area contributed by atoms with E-state index in [0.717, 1.165) is 23.2 Å². The van der Waals surface area contributed by atoms with Gasteiger partial charge in [0.25, 0.3) is 0 Å². The molecule has 4 rings (SSSR count). The third-order valence-electron chi connectivity index (χ3n) is 5.86. The van der Waals surface area contributed by atoms with E-state index in [9.17, 15) is 5.11 Å². The Morgan fingerprint density at radius 1 is 0.636 bits per heavy atom. The molecule has 0 bridgehead atoms. The molecule has 168 valence electrons. The molecular formula is C30H31NO2. The molecular weight excluding hydrogens is 406 g/mol. The van der Waals surface area contributed by atoms with E-state index in [4.69, 9.17) is 4.74 Å². The minimum Gasteiger partial charge on any atom is -0.391 e. The first-order valence-corrected chi connectivity index (χ1v) is 11.5. The quantitative estimate of drug-likeness (QED) is 0.239. The molecule has 0 saturated carbocycles. The van der Waals surface area contributed by atoms with Crippen LogP contribution in [0.5, 0.6) is 0 Å². The summed E-state index contributed by atoms with van der Waals surface area (Å²) in [6.45, 7) is 1.73. The Balaban J connectivity index is 1.52. The monoisotopic (exact) mass is 437 g/mol. The van der Waals surface area contributed by atoms with Crippen molar-refractivity contribution >= 4 is 0 Å². The summed E-state index contributed by atoms with van der Waals surface area (Å²) in [4.78, 5) is 0. The second-order valence-electron chi connectivity index (χ2n) is 8.20. The van der Waals surface area contributed by atoms with E-state index in [1.807, 2.05) is 72.8 Å². The van der Waals surface area contributed by atoms with Crippen LogP contribution < -0.4 is 5.32 Å². The Morgan fingerprint density at radius 3 is 1.52 bits per heavy atom. The van der Waals surface area contributed by atoms with Crippen LogP contribution in [0.15, 0.2) is 121 Å². The molecule has 0 spiro atoms. The number of nitrogens with one attached hydrogen (secondary N) is 1. The third-order valence-corrected chi connectivity index (χ3v) is 5.86. The first-order chi connectivity index (χ1) is 16.3. The number of hydrogen-bond donors (Lipinski definition) is 2. The number of aliphatic hydroxyl groups is 1. The van der Waals surface area contributed by atoms with Crippen molar-refractivity contribution < 1.29 is 9.84 Å². The van der Waals surface area contributed by atoms with Crippen LogP contribution in [0.2, 0.25) is 0 Å². The number of aliphatic hydroxyl groups excluding tert-OH is 1. The first-order valence-electron chi connectivity index (χ1n) is 11.5. The lowest BCUT2D eigenvalue weighted by molar-refractivity contribution is -0.0398. The molecule has 4 aromatic rings. The highest BCUT2D eigenvalue weighted by Gasteiger charge is 2.37. The Kier molecular flexibility index (Phi) is 8.04. The largest absolute Gasteiger partial charge is 0.391 e. The van der Waals surface area contributed by atoms with Gasteiger partial charge in [0, 0.05) is 6.54 Å². The smallest absolute Gasteiger partial charge is 0.143 e. The molecule has 0 aliphatic heterocycles. The minimum absolute atomic E-state index is 0.228. The molecule has 0 heterocycles. The van der Waals surface area contributed by atoms with Gasteiger partial charge in [0.05, 0.1) is 12.7 Å². The number of rotatable bonds is 11. The van der Waals surface area contributed by atoms with Crippen LogP contribution in [0.25, 0.3) is 0 Å². The highest BCUT2D eigenvalue weighted by Crippen LogP contribution is 2.40. The average Bonchev–Trinajstić information content (AvgIpc) is 2.89. The van der Waals surface area contributed by atoms with Crippen molar-refractivity contribution in [3.63, 3.8) is 0 Å². The topological polar surface area (TPSA) is 41.5 Å². The van der Waals surface area contributed by atoms with Gasteiger partial charge >= 0.3 is 0 Å². The summed E-state index contributed by atoms with van der Waals surface area (Å²) in [6.07, 6.45) is 0.0326. The molecule has 4 aromatic carbocycles. The van der Waals surface area contributed by atoms with Crippen molar-refractivity contribution in [2.45, 2.75) is 24.7 Å². The molecule has 3 heteroatoms. The van der Waals surface area contributed by atoms with Crippen molar-refractivity contribution in [1.82, 2.24) is 5.32 Å². The molecule has 0 fully saturated rings. The van der Waals surface area contributed by atoms with Crippen LogP contribution in [0.4, 0.5) is 0 Å². The minimum atomic E-state index is -0.803. The van der Waals surface area contributed by atoms with Crippen molar-refractivity contribution in [2.24, 2.45) is 0 Å². The van der Waals surface area contributed by atoms with Crippen molar-refractivity contribution in [2.75, 3.05) is 13.2 Å². The van der Waals surface area contributed by atoms with Gasteiger partial charge in [-0.3, -0.25) is 0 Å². The molecule has 0 amide bonds. The summed E-state index contributed by atoms with van der Waals surface area (Å²) in [5.74, 6) is 0. The van der Waals surface area contributed by atoms with E-state index >= 15 is 0 Å². The van der Waals surface area contributed by atoms with E-state index in [2.05, 4.69) is 53.8 Å². The lowest BCUT2D eigenvalue weighted by Crippen LogP contribution is -2.36. The Morgan fingerprint density at radius 2 is 1.06 bits per heavy atom. The van der Waals surface area contributed by atoms with E-state index < -0.39 is 11.7 Å². The zero-order valence-corrected chi connectivity index (χ0v) is 18.8. The highest BCUT2D eigenvalue weighted by molar-refractivity contribution is 5.47. The highest BCUT2D eigenvalue weighted by atomic mass is 16.5. The fraction of sp³-hybridized carbons (Fsp3) is 0.200. The summed E-state index contributed by atoms with van der Waals surface area (Å²) < 4.78 is 6.69. The van der Waals surface area contributed by atoms with E-state index in [0.29, 0.717) is 13.0 Å². The van der Waals surface area contributed by atoms with Crippen molar-refractivity contribution in [1.29, 1.82) is 0 Å². The Bertz CT molecular complexity index is 973. The summed E-state index contributed by atoms with van der Waals surface area (Å²) in [7, 11) is 0. The van der Waals surface area contributed by atoms with E-state index in [1.165, 1.54) is 5.56 Å². The summed E-state index contributed by atoms with van der Waals surface area (Å²) >= 11 is 0. The summed E-state index contributed by atoms with van der Waals surface area (Å²) in [5, 5.41) is 14.2. The van der Waals surface area contributed by atoms with Crippen LogP contribution in [-0.2, 0) is 16.9 Å². The van der Waals surface area contributed by atoms with Gasteiger partial charge in [0.15, 0.2) is 0 Å². The van der Waals surface area contributed by atoms with E-state index in [-0.39, 0.29) is 6.61 Å². The normalized spacial score (nSPS) is 12.4. The van der Waals surface area contributed by atoms with Crippen LogP contribution >= 0.6 is 0 Å². The summed E-state index contributed by atoms with van der Waals surface area (Å²) in [5.41, 5.74) is 3.55. The lowest BCUT2D eigenvalue weighted by Gasteiger charge is -2.36.